The third kappa shape index (κ3) is 11.4. The van der Waals surface area contributed by atoms with Crippen LogP contribution in [0.5, 0.6) is 23.0 Å². The van der Waals surface area contributed by atoms with Crippen molar-refractivity contribution >= 4 is 114 Å². The van der Waals surface area contributed by atoms with E-state index in [4.69, 9.17) is 13.6 Å². The summed E-state index contributed by atoms with van der Waals surface area (Å²) in [6, 6.07) is 106. The van der Waals surface area contributed by atoms with E-state index >= 15 is 0 Å². The molecule has 4 aliphatic rings. The standard InChI is InChI=1S/C88H76N10O2/c1-61-45-85-87(47-63(61)3)91(57-89(85)5)73-49-75(97(67-25-11-7-12-26-67)68-27-13-8-14-28-68)55-79(53-73)99-77-35-23-33-71(51-77)95-59-93(81-37-19-21-39-83(81)95)65-41-43-66(44-42-65)94-60-96(84-40-22-20-38-82(84)94)72-34-24-36-78(52-72)100-80-54-74(92-58-90(6)86-46-62(2)64(4)48-88(86)92)50-76(56-80)98(69-29-15-9-16-30-69)70-31-17-10-18-32-70/h7-56H,57-60H2,1-6H3/i5D3. The number of anilines is 20. The largest absolute Gasteiger partial charge is 0.457 e. The van der Waals surface area contributed by atoms with Gasteiger partial charge in [0.25, 0.3) is 0 Å². The van der Waals surface area contributed by atoms with Gasteiger partial charge in [0.05, 0.1) is 70.2 Å². The zero-order valence-corrected chi connectivity index (χ0v) is 56.5. The van der Waals surface area contributed by atoms with Gasteiger partial charge < -0.3 is 58.5 Å². The second-order valence-electron chi connectivity index (χ2n) is 26.2. The topological polar surface area (TPSA) is 50.9 Å². The zero-order valence-electron chi connectivity index (χ0n) is 59.5. The Balaban J connectivity index is 0.648. The summed E-state index contributed by atoms with van der Waals surface area (Å²) in [5.74, 6) is 2.70. The third-order valence-electron chi connectivity index (χ3n) is 19.7. The quantitative estimate of drug-likeness (QED) is 0.0926. The number of para-hydroxylation sites is 8. The van der Waals surface area contributed by atoms with E-state index in [1.807, 2.05) is 73.7 Å². The number of fused-ring (bicyclic) bond motifs is 4. The van der Waals surface area contributed by atoms with E-state index in [2.05, 4.69) is 309 Å². The number of hydrogen-bond donors (Lipinski definition) is 0. The Morgan fingerprint density at radius 3 is 0.930 bits per heavy atom. The molecule has 0 saturated heterocycles. The van der Waals surface area contributed by atoms with Gasteiger partial charge in [-0.15, -0.1) is 0 Å². The van der Waals surface area contributed by atoms with Crippen LogP contribution in [0.15, 0.2) is 303 Å². The smallest absolute Gasteiger partial charge is 0.131 e. The molecule has 0 spiro atoms. The molecule has 0 N–H and O–H groups in total. The first-order valence-corrected chi connectivity index (χ1v) is 34.0. The lowest BCUT2D eigenvalue weighted by Crippen LogP contribution is -2.25. The molecule has 12 heteroatoms. The van der Waals surface area contributed by atoms with E-state index in [0.717, 1.165) is 119 Å². The Morgan fingerprint density at radius 2 is 0.560 bits per heavy atom. The first-order valence-electron chi connectivity index (χ1n) is 35.5. The molecule has 0 radical (unpaired) electrons. The Labute approximate surface area is 590 Å². The number of aryl methyl sites for hydroxylation is 4. The van der Waals surface area contributed by atoms with Gasteiger partial charge in [-0.1, -0.05) is 109 Å². The van der Waals surface area contributed by atoms with E-state index in [0.29, 0.717) is 37.2 Å². The molecule has 0 saturated carbocycles. The van der Waals surface area contributed by atoms with Crippen LogP contribution in [0.25, 0.3) is 0 Å². The number of nitrogens with zero attached hydrogens (tertiary/aromatic N) is 10. The Morgan fingerprint density at radius 1 is 0.250 bits per heavy atom. The molecule has 0 aliphatic carbocycles. The van der Waals surface area contributed by atoms with Gasteiger partial charge in [0.1, 0.15) is 36.3 Å². The number of benzene rings is 13. The molecule has 4 aliphatic heterocycles. The minimum absolute atomic E-state index is 0.132. The molecule has 100 heavy (non-hydrogen) atoms. The fourth-order valence-electron chi connectivity index (χ4n) is 14.5. The maximum Gasteiger partial charge on any atom is 0.131 e. The van der Waals surface area contributed by atoms with Crippen molar-refractivity contribution in [2.45, 2.75) is 27.7 Å². The molecule has 12 nitrogen and oxygen atoms in total. The minimum Gasteiger partial charge on any atom is -0.457 e. The Bertz CT molecular complexity index is 5240. The average Bonchev–Trinajstić information content (AvgIpc) is 1.63. The molecule has 0 bridgehead atoms. The lowest BCUT2D eigenvalue weighted by atomic mass is 10.1. The second kappa shape index (κ2) is 25.5. The predicted octanol–water partition coefficient (Wildman–Crippen LogP) is 23.0. The van der Waals surface area contributed by atoms with Crippen LogP contribution in [-0.4, -0.2) is 40.7 Å². The minimum atomic E-state index is -2.37. The molecule has 490 valence electrons. The number of hydrogen-bond acceptors (Lipinski definition) is 12. The van der Waals surface area contributed by atoms with Gasteiger partial charge in [0.2, 0.25) is 0 Å². The van der Waals surface area contributed by atoms with Gasteiger partial charge in [-0.25, -0.2) is 0 Å². The van der Waals surface area contributed by atoms with E-state index in [1.54, 1.807) is 0 Å². The maximum atomic E-state index is 8.64. The summed E-state index contributed by atoms with van der Waals surface area (Å²) in [6.07, 6.45) is 0. The van der Waals surface area contributed by atoms with E-state index < -0.39 is 6.98 Å². The van der Waals surface area contributed by atoms with Crippen LogP contribution in [0.3, 0.4) is 0 Å². The molecule has 13 aromatic rings. The van der Waals surface area contributed by atoms with Crippen LogP contribution in [0.4, 0.5) is 114 Å². The Kier molecular flexibility index (Phi) is 14.7. The zero-order chi connectivity index (χ0) is 70.0. The van der Waals surface area contributed by atoms with Crippen molar-refractivity contribution in [3.8, 4) is 23.0 Å². The van der Waals surface area contributed by atoms with Crippen molar-refractivity contribution < 1.29 is 13.6 Å². The van der Waals surface area contributed by atoms with Crippen molar-refractivity contribution in [1.29, 1.82) is 0 Å². The summed E-state index contributed by atoms with van der Waals surface area (Å²) >= 11 is 0. The van der Waals surface area contributed by atoms with E-state index in [-0.39, 0.29) is 6.67 Å². The highest BCUT2D eigenvalue weighted by Gasteiger charge is 2.33. The van der Waals surface area contributed by atoms with Gasteiger partial charge in [-0.2, -0.15) is 0 Å². The molecule has 0 amide bonds. The highest BCUT2D eigenvalue weighted by atomic mass is 16.5. The van der Waals surface area contributed by atoms with E-state index in [9.17, 15) is 0 Å². The van der Waals surface area contributed by atoms with Crippen molar-refractivity contribution in [1.82, 2.24) is 0 Å². The SMILES string of the molecule is [2H]C([2H])([2H])N1CN(c2cc(Oc3cccc(N4CN(c5ccc(N6CN(c7cccc(Oc8cc(N9CN(C)c%10cc(C)c(C)cc%109)cc(N(c9ccccc9)c9ccccc9)c8)c7)c7ccccc76)cc5)c5ccccc54)c3)cc(N(c3ccccc3)c3ccccc3)c2)c2cc(C)c(C)cc21. The fraction of sp³-hybridized carbons (Fsp3) is 0.114. The van der Waals surface area contributed by atoms with Crippen LogP contribution in [0.2, 0.25) is 0 Å². The van der Waals surface area contributed by atoms with Gasteiger partial charge >= 0.3 is 0 Å². The van der Waals surface area contributed by atoms with Crippen molar-refractivity contribution in [2.24, 2.45) is 0 Å². The van der Waals surface area contributed by atoms with Crippen LogP contribution in [0, 0.1) is 27.7 Å². The summed E-state index contributed by atoms with van der Waals surface area (Å²) < 4.78 is 40.1. The lowest BCUT2D eigenvalue weighted by molar-refractivity contribution is 0.482. The second-order valence-corrected chi connectivity index (χ2v) is 26.2. The molecule has 13 aromatic carbocycles. The van der Waals surface area contributed by atoms with Crippen LogP contribution >= 0.6 is 0 Å². The van der Waals surface area contributed by atoms with Gasteiger partial charge in [-0.05, 0) is 208 Å². The summed E-state index contributed by atoms with van der Waals surface area (Å²) in [7, 11) is 2.16. The number of rotatable bonds is 16. The van der Waals surface area contributed by atoms with Crippen molar-refractivity contribution in [2.75, 3.05) is 89.7 Å². The molecule has 0 unspecified atom stereocenters. The number of ether oxygens (including phenoxy) is 2. The van der Waals surface area contributed by atoms with Crippen LogP contribution in [-0.2, 0) is 0 Å². The molecular weight excluding hydrogens is 1230 g/mol. The molecule has 4 heterocycles. The Hall–Kier alpha value is -12.5. The monoisotopic (exact) mass is 1310 g/mol. The predicted molar refractivity (Wildman–Crippen MR) is 416 cm³/mol. The summed E-state index contributed by atoms with van der Waals surface area (Å²) in [5, 5.41) is 0. The summed E-state index contributed by atoms with van der Waals surface area (Å²) in [6.45, 7) is 8.07. The average molecular weight is 1310 g/mol. The highest BCUT2D eigenvalue weighted by Crippen LogP contribution is 2.52. The summed E-state index contributed by atoms with van der Waals surface area (Å²) in [4.78, 5) is 22.3. The van der Waals surface area contributed by atoms with Crippen LogP contribution in [0.1, 0.15) is 26.4 Å². The van der Waals surface area contributed by atoms with Crippen molar-refractivity contribution in [3.05, 3.63) is 326 Å². The molecule has 0 fully saturated rings. The first kappa shape index (κ1) is 57.7. The fourth-order valence-corrected chi connectivity index (χ4v) is 14.5. The summed E-state index contributed by atoms with van der Waals surface area (Å²) in [5.41, 5.74) is 24.7. The highest BCUT2D eigenvalue weighted by molar-refractivity contribution is 5.92. The lowest BCUT2D eigenvalue weighted by Gasteiger charge is -2.28. The molecule has 17 rings (SSSR count). The van der Waals surface area contributed by atoms with Crippen LogP contribution < -0.4 is 58.5 Å². The van der Waals surface area contributed by atoms with Crippen molar-refractivity contribution in [3.63, 3.8) is 0 Å². The molecule has 0 aromatic heterocycles. The molecule has 0 atom stereocenters. The third-order valence-corrected chi connectivity index (χ3v) is 19.7. The normalized spacial score (nSPS) is 14.2. The first-order chi connectivity index (χ1) is 50.2. The van der Waals surface area contributed by atoms with Gasteiger partial charge in [0, 0.05) is 111 Å². The van der Waals surface area contributed by atoms with Gasteiger partial charge in [-0.3, -0.25) is 0 Å². The van der Waals surface area contributed by atoms with E-state index in [1.165, 1.54) is 27.4 Å². The molecular formula is C88H76N10O2. The maximum absolute atomic E-state index is 8.64. The van der Waals surface area contributed by atoms with Gasteiger partial charge in [0.15, 0.2) is 0 Å².